The molecule has 0 aromatic heterocycles. The lowest BCUT2D eigenvalue weighted by atomic mass is 9.90. The number of rotatable bonds is 2. The summed E-state index contributed by atoms with van der Waals surface area (Å²) in [7, 11) is 0. The number of nitrogens with two attached hydrogens (primary N) is 1. The minimum atomic E-state index is -0.572. The van der Waals surface area contributed by atoms with E-state index in [2.05, 4.69) is 17.5 Å². The minimum absolute atomic E-state index is 0.572. The van der Waals surface area contributed by atoms with Crippen LogP contribution in [0, 0.1) is 11.3 Å². The second-order valence-electron chi connectivity index (χ2n) is 3.36. The predicted octanol–water partition coefficient (Wildman–Crippen LogP) is 0.489. The van der Waals surface area contributed by atoms with Gasteiger partial charge in [0.15, 0.2) is 0 Å². The Balaban J connectivity index is 2.40. The maximum absolute atomic E-state index is 8.75. The summed E-state index contributed by atoms with van der Waals surface area (Å²) in [5.74, 6) is 0. The molecule has 1 aliphatic rings. The SMILES string of the molecule is C=CCN1CCC(N)(C#N)CC1. The van der Waals surface area contributed by atoms with E-state index in [1.165, 1.54) is 0 Å². The third-order valence-electron chi connectivity index (χ3n) is 2.36. The molecule has 1 saturated heterocycles. The lowest BCUT2D eigenvalue weighted by Gasteiger charge is -2.33. The molecule has 0 aliphatic carbocycles. The van der Waals surface area contributed by atoms with E-state index in [4.69, 9.17) is 11.0 Å². The molecule has 0 aromatic rings. The first-order valence-corrected chi connectivity index (χ1v) is 4.23. The number of piperidine rings is 1. The van der Waals surface area contributed by atoms with Crippen molar-refractivity contribution in [2.75, 3.05) is 19.6 Å². The van der Waals surface area contributed by atoms with Gasteiger partial charge >= 0.3 is 0 Å². The van der Waals surface area contributed by atoms with Crippen LogP contribution in [-0.2, 0) is 0 Å². The summed E-state index contributed by atoms with van der Waals surface area (Å²) < 4.78 is 0. The standard InChI is InChI=1S/C9H15N3/c1-2-5-12-6-3-9(11,8-10)4-7-12/h2H,1,3-7,11H2. The molecule has 1 heterocycles. The molecule has 0 bridgehead atoms. The molecule has 0 aromatic carbocycles. The minimum Gasteiger partial charge on any atom is -0.313 e. The van der Waals surface area contributed by atoms with E-state index in [1.807, 2.05) is 6.08 Å². The largest absolute Gasteiger partial charge is 0.313 e. The van der Waals surface area contributed by atoms with Crippen LogP contribution < -0.4 is 5.73 Å². The highest BCUT2D eigenvalue weighted by atomic mass is 15.1. The number of hydrogen-bond donors (Lipinski definition) is 1. The molecular formula is C9H15N3. The van der Waals surface area contributed by atoms with Crippen LogP contribution in [0.25, 0.3) is 0 Å². The van der Waals surface area contributed by atoms with Crippen molar-refractivity contribution in [3.63, 3.8) is 0 Å². The van der Waals surface area contributed by atoms with Gasteiger partial charge in [0.25, 0.3) is 0 Å². The first kappa shape index (κ1) is 9.24. The van der Waals surface area contributed by atoms with Crippen LogP contribution in [0.3, 0.4) is 0 Å². The van der Waals surface area contributed by atoms with E-state index < -0.39 is 5.54 Å². The van der Waals surface area contributed by atoms with Gasteiger partial charge in [0.05, 0.1) is 6.07 Å². The Hall–Kier alpha value is -0.850. The highest BCUT2D eigenvalue weighted by molar-refractivity contribution is 5.07. The molecule has 1 rings (SSSR count). The quantitative estimate of drug-likeness (QED) is 0.606. The molecule has 1 fully saturated rings. The van der Waals surface area contributed by atoms with E-state index in [0.717, 1.165) is 32.5 Å². The lowest BCUT2D eigenvalue weighted by Crippen LogP contribution is -2.49. The van der Waals surface area contributed by atoms with Crippen LogP contribution in [0.4, 0.5) is 0 Å². The van der Waals surface area contributed by atoms with Crippen LogP contribution in [0.5, 0.6) is 0 Å². The second kappa shape index (κ2) is 3.70. The van der Waals surface area contributed by atoms with Crippen LogP contribution in [0.1, 0.15) is 12.8 Å². The van der Waals surface area contributed by atoms with Gasteiger partial charge in [-0.25, -0.2) is 0 Å². The van der Waals surface area contributed by atoms with Gasteiger partial charge in [0, 0.05) is 19.6 Å². The topological polar surface area (TPSA) is 53.0 Å². The second-order valence-corrected chi connectivity index (χ2v) is 3.36. The summed E-state index contributed by atoms with van der Waals surface area (Å²) in [6, 6.07) is 2.17. The molecule has 12 heavy (non-hydrogen) atoms. The molecule has 0 radical (unpaired) electrons. The molecule has 0 spiro atoms. The Kier molecular flexibility index (Phi) is 2.85. The van der Waals surface area contributed by atoms with Gasteiger partial charge in [0.1, 0.15) is 5.54 Å². The van der Waals surface area contributed by atoms with E-state index in [1.54, 1.807) is 0 Å². The Morgan fingerprint density at radius 3 is 2.58 bits per heavy atom. The molecule has 3 nitrogen and oxygen atoms in total. The zero-order valence-electron chi connectivity index (χ0n) is 7.29. The number of nitriles is 1. The molecule has 3 heteroatoms. The third-order valence-corrected chi connectivity index (χ3v) is 2.36. The van der Waals surface area contributed by atoms with Crippen molar-refractivity contribution in [2.45, 2.75) is 18.4 Å². The van der Waals surface area contributed by atoms with Gasteiger partial charge in [-0.2, -0.15) is 5.26 Å². The maximum Gasteiger partial charge on any atom is 0.106 e. The van der Waals surface area contributed by atoms with Gasteiger partial charge in [-0.15, -0.1) is 6.58 Å². The predicted molar refractivity (Wildman–Crippen MR) is 48.4 cm³/mol. The van der Waals surface area contributed by atoms with Crippen LogP contribution in [0.2, 0.25) is 0 Å². The average Bonchev–Trinajstić information content (AvgIpc) is 2.10. The third kappa shape index (κ3) is 2.07. The molecule has 1 aliphatic heterocycles. The Morgan fingerprint density at radius 1 is 1.58 bits per heavy atom. The fourth-order valence-electron chi connectivity index (χ4n) is 1.43. The molecule has 0 unspecified atom stereocenters. The van der Waals surface area contributed by atoms with Crippen molar-refractivity contribution in [1.82, 2.24) is 4.90 Å². The zero-order valence-corrected chi connectivity index (χ0v) is 7.29. The van der Waals surface area contributed by atoms with E-state index >= 15 is 0 Å². The van der Waals surface area contributed by atoms with Crippen molar-refractivity contribution < 1.29 is 0 Å². The van der Waals surface area contributed by atoms with Gasteiger partial charge in [0.2, 0.25) is 0 Å². The van der Waals surface area contributed by atoms with Crippen LogP contribution >= 0.6 is 0 Å². The smallest absolute Gasteiger partial charge is 0.106 e. The van der Waals surface area contributed by atoms with Crippen molar-refractivity contribution in [3.05, 3.63) is 12.7 Å². The molecule has 0 amide bonds. The Morgan fingerprint density at radius 2 is 2.17 bits per heavy atom. The summed E-state index contributed by atoms with van der Waals surface area (Å²) in [5, 5.41) is 8.75. The molecule has 66 valence electrons. The summed E-state index contributed by atoms with van der Waals surface area (Å²) in [5.41, 5.74) is 5.23. The van der Waals surface area contributed by atoms with E-state index in [-0.39, 0.29) is 0 Å². The summed E-state index contributed by atoms with van der Waals surface area (Å²) in [4.78, 5) is 2.26. The normalized spacial score (nSPS) is 23.0. The molecule has 0 saturated carbocycles. The summed E-state index contributed by atoms with van der Waals surface area (Å²) >= 11 is 0. The van der Waals surface area contributed by atoms with Crippen molar-refractivity contribution >= 4 is 0 Å². The number of likely N-dealkylation sites (tertiary alicyclic amines) is 1. The lowest BCUT2D eigenvalue weighted by molar-refractivity contribution is 0.205. The van der Waals surface area contributed by atoms with Crippen LogP contribution in [0.15, 0.2) is 12.7 Å². The fraction of sp³-hybridized carbons (Fsp3) is 0.667. The van der Waals surface area contributed by atoms with Crippen molar-refractivity contribution in [1.29, 1.82) is 5.26 Å². The van der Waals surface area contributed by atoms with E-state index in [0.29, 0.717) is 0 Å². The number of hydrogen-bond acceptors (Lipinski definition) is 3. The monoisotopic (exact) mass is 165 g/mol. The molecular weight excluding hydrogens is 150 g/mol. The summed E-state index contributed by atoms with van der Waals surface area (Å²) in [6.45, 7) is 6.40. The van der Waals surface area contributed by atoms with Gasteiger partial charge in [-0.1, -0.05) is 6.08 Å². The molecule has 2 N–H and O–H groups in total. The van der Waals surface area contributed by atoms with Crippen LogP contribution in [-0.4, -0.2) is 30.1 Å². The summed E-state index contributed by atoms with van der Waals surface area (Å²) in [6.07, 6.45) is 3.44. The first-order valence-electron chi connectivity index (χ1n) is 4.23. The van der Waals surface area contributed by atoms with Gasteiger partial charge < -0.3 is 5.73 Å². The first-order chi connectivity index (χ1) is 5.70. The van der Waals surface area contributed by atoms with Crippen molar-refractivity contribution in [3.8, 4) is 6.07 Å². The van der Waals surface area contributed by atoms with Crippen molar-refractivity contribution in [2.24, 2.45) is 5.73 Å². The Bertz CT molecular complexity index is 196. The van der Waals surface area contributed by atoms with Gasteiger partial charge in [-0.05, 0) is 12.8 Å². The van der Waals surface area contributed by atoms with Gasteiger partial charge in [-0.3, -0.25) is 4.90 Å². The highest BCUT2D eigenvalue weighted by Gasteiger charge is 2.29. The maximum atomic E-state index is 8.75. The fourth-order valence-corrected chi connectivity index (χ4v) is 1.43. The Labute approximate surface area is 73.5 Å². The number of nitrogens with zero attached hydrogens (tertiary/aromatic N) is 2. The van der Waals surface area contributed by atoms with E-state index in [9.17, 15) is 0 Å². The zero-order chi connectivity index (χ0) is 9.03. The average molecular weight is 165 g/mol. The highest BCUT2D eigenvalue weighted by Crippen LogP contribution is 2.18. The molecule has 0 atom stereocenters.